The molecule has 38 heavy (non-hydrogen) atoms. The highest BCUT2D eigenvalue weighted by atomic mass is 79.9. The van der Waals surface area contributed by atoms with E-state index in [0.717, 1.165) is 28.3 Å². The van der Waals surface area contributed by atoms with E-state index in [1.54, 1.807) is 49.4 Å². The van der Waals surface area contributed by atoms with Gasteiger partial charge in [0.15, 0.2) is 0 Å². The molecule has 0 fully saturated rings. The van der Waals surface area contributed by atoms with Gasteiger partial charge in [0.1, 0.15) is 12.6 Å². The van der Waals surface area contributed by atoms with E-state index >= 15 is 0 Å². The van der Waals surface area contributed by atoms with Crippen molar-refractivity contribution in [2.45, 2.75) is 51.1 Å². The molecule has 0 aromatic heterocycles. The number of unbranched alkanes of at least 4 members (excludes halogenated alkanes) is 1. The van der Waals surface area contributed by atoms with Crippen molar-refractivity contribution in [2.75, 3.05) is 17.4 Å². The number of hydrogen-bond acceptors (Lipinski definition) is 4. The largest absolute Gasteiger partial charge is 0.354 e. The Morgan fingerprint density at radius 2 is 1.66 bits per heavy atom. The first-order chi connectivity index (χ1) is 18.1. The number of amides is 2. The third-order valence-corrected chi connectivity index (χ3v) is 8.46. The summed E-state index contributed by atoms with van der Waals surface area (Å²) in [4.78, 5) is 28.4. The summed E-state index contributed by atoms with van der Waals surface area (Å²) in [5.74, 6) is -0.762. The highest BCUT2D eigenvalue weighted by Gasteiger charge is 2.32. The fourth-order valence-electron chi connectivity index (χ4n) is 3.89. The molecule has 2 amide bonds. The van der Waals surface area contributed by atoms with Crippen LogP contribution in [-0.2, 0) is 26.2 Å². The van der Waals surface area contributed by atoms with Gasteiger partial charge in [0.25, 0.3) is 10.0 Å². The van der Waals surface area contributed by atoms with Crippen molar-refractivity contribution < 1.29 is 18.0 Å². The lowest BCUT2D eigenvalue weighted by atomic mass is 10.1. The fourth-order valence-corrected chi connectivity index (χ4v) is 5.70. The van der Waals surface area contributed by atoms with Crippen molar-refractivity contribution in [1.82, 2.24) is 10.2 Å². The first-order valence-electron chi connectivity index (χ1n) is 12.6. The highest BCUT2D eigenvalue weighted by molar-refractivity contribution is 9.10. The lowest BCUT2D eigenvalue weighted by Crippen LogP contribution is -2.51. The Bertz CT molecular complexity index is 1330. The quantitative estimate of drug-likeness (QED) is 0.287. The zero-order valence-corrected chi connectivity index (χ0v) is 24.3. The minimum absolute atomic E-state index is 0.0724. The smallest absolute Gasteiger partial charge is 0.264 e. The van der Waals surface area contributed by atoms with Crippen LogP contribution in [0.25, 0.3) is 0 Å². The van der Waals surface area contributed by atoms with Gasteiger partial charge in [-0.1, -0.05) is 83.4 Å². The van der Waals surface area contributed by atoms with E-state index in [2.05, 4.69) is 21.2 Å². The molecule has 3 rings (SSSR count). The molecule has 0 unspecified atom stereocenters. The van der Waals surface area contributed by atoms with E-state index in [1.807, 2.05) is 38.1 Å². The fraction of sp³-hybridized carbons (Fsp3) is 0.310. The predicted molar refractivity (Wildman–Crippen MR) is 154 cm³/mol. The van der Waals surface area contributed by atoms with E-state index < -0.39 is 28.5 Å². The van der Waals surface area contributed by atoms with Gasteiger partial charge in [-0.25, -0.2) is 8.42 Å². The number of carbonyl (C=O) groups is 2. The van der Waals surface area contributed by atoms with Crippen LogP contribution in [0.2, 0.25) is 0 Å². The van der Waals surface area contributed by atoms with E-state index in [0.29, 0.717) is 16.7 Å². The van der Waals surface area contributed by atoms with Gasteiger partial charge in [-0.15, -0.1) is 0 Å². The van der Waals surface area contributed by atoms with Crippen LogP contribution in [0.3, 0.4) is 0 Å². The number of carbonyl (C=O) groups excluding carboxylic acids is 2. The molecular formula is C29H34BrN3O4S. The van der Waals surface area contributed by atoms with Crippen LogP contribution in [0.4, 0.5) is 5.69 Å². The molecule has 3 aromatic rings. The number of rotatable bonds is 12. The van der Waals surface area contributed by atoms with Gasteiger partial charge >= 0.3 is 0 Å². The second-order valence-electron chi connectivity index (χ2n) is 9.13. The van der Waals surface area contributed by atoms with Gasteiger partial charge in [0, 0.05) is 17.6 Å². The predicted octanol–water partition coefficient (Wildman–Crippen LogP) is 5.29. The second-order valence-corrected chi connectivity index (χ2v) is 11.9. The third-order valence-electron chi connectivity index (χ3n) is 6.18. The molecule has 0 spiro atoms. The Morgan fingerprint density at radius 1 is 0.974 bits per heavy atom. The van der Waals surface area contributed by atoms with Crippen LogP contribution in [0.15, 0.2) is 88.2 Å². The molecule has 0 aliphatic carbocycles. The molecule has 0 bridgehead atoms. The lowest BCUT2D eigenvalue weighted by molar-refractivity contribution is -0.139. The number of nitrogens with one attached hydrogen (secondary N) is 1. The molecule has 0 saturated carbocycles. The van der Waals surface area contributed by atoms with E-state index in [-0.39, 0.29) is 17.3 Å². The molecule has 0 saturated heterocycles. The van der Waals surface area contributed by atoms with Gasteiger partial charge in [0.05, 0.1) is 10.6 Å². The minimum Gasteiger partial charge on any atom is -0.354 e. The van der Waals surface area contributed by atoms with Crippen LogP contribution >= 0.6 is 15.9 Å². The number of sulfonamides is 1. The van der Waals surface area contributed by atoms with Crippen molar-refractivity contribution >= 4 is 43.5 Å². The maximum Gasteiger partial charge on any atom is 0.264 e. The van der Waals surface area contributed by atoms with Crippen LogP contribution in [0.5, 0.6) is 0 Å². The van der Waals surface area contributed by atoms with Crippen LogP contribution in [-0.4, -0.2) is 44.3 Å². The monoisotopic (exact) mass is 599 g/mol. The molecule has 9 heteroatoms. The Kier molecular flexibility index (Phi) is 10.5. The maximum absolute atomic E-state index is 13.9. The molecule has 0 aliphatic rings. The maximum atomic E-state index is 13.9. The average molecular weight is 601 g/mol. The van der Waals surface area contributed by atoms with E-state index in [4.69, 9.17) is 0 Å². The minimum atomic E-state index is -4.08. The lowest BCUT2D eigenvalue weighted by Gasteiger charge is -2.32. The third kappa shape index (κ3) is 7.68. The number of anilines is 1. The zero-order valence-electron chi connectivity index (χ0n) is 21.9. The molecule has 1 atom stereocenters. The summed E-state index contributed by atoms with van der Waals surface area (Å²) in [6.45, 7) is 5.89. The summed E-state index contributed by atoms with van der Waals surface area (Å²) in [5, 5.41) is 2.89. The van der Waals surface area contributed by atoms with Crippen LogP contribution in [0.1, 0.15) is 37.8 Å². The first-order valence-corrected chi connectivity index (χ1v) is 14.8. The molecule has 7 nitrogen and oxygen atoms in total. The molecule has 1 N–H and O–H groups in total. The number of hydrogen-bond donors (Lipinski definition) is 1. The topological polar surface area (TPSA) is 86.8 Å². The standard InChI is InChI=1S/C29H34BrN3O4S/c1-4-5-18-31-29(35)23(3)32(20-24-16-14-22(2)15-17-24)28(34)21-33(26-11-9-10-25(30)19-26)38(36,37)27-12-7-6-8-13-27/h6-17,19,23H,4-5,18,20-21H2,1-3H3,(H,31,35)/t23-/m1/s1. The van der Waals surface area contributed by atoms with Crippen molar-refractivity contribution in [3.63, 3.8) is 0 Å². The van der Waals surface area contributed by atoms with Gasteiger partial charge in [-0.05, 0) is 56.2 Å². The van der Waals surface area contributed by atoms with E-state index in [1.165, 1.54) is 17.0 Å². The van der Waals surface area contributed by atoms with Crippen LogP contribution in [0, 0.1) is 6.92 Å². The molecule has 3 aromatic carbocycles. The van der Waals surface area contributed by atoms with Crippen molar-refractivity contribution in [2.24, 2.45) is 0 Å². The molecule has 0 radical (unpaired) electrons. The van der Waals surface area contributed by atoms with Crippen molar-refractivity contribution in [1.29, 1.82) is 0 Å². The van der Waals surface area contributed by atoms with E-state index in [9.17, 15) is 18.0 Å². The average Bonchev–Trinajstić information content (AvgIpc) is 2.91. The number of aryl methyl sites for hydroxylation is 1. The molecule has 202 valence electrons. The number of benzene rings is 3. The van der Waals surface area contributed by atoms with Gasteiger partial charge in [-0.2, -0.15) is 0 Å². The summed E-state index contributed by atoms with van der Waals surface area (Å²) < 4.78 is 29.2. The SMILES string of the molecule is CCCCNC(=O)[C@@H](C)N(Cc1ccc(C)cc1)C(=O)CN(c1cccc(Br)c1)S(=O)(=O)c1ccccc1. The number of halogens is 1. The molecular weight excluding hydrogens is 566 g/mol. The number of nitrogens with zero attached hydrogens (tertiary/aromatic N) is 2. The molecule has 0 aliphatic heterocycles. The Labute approximate surface area is 234 Å². The Morgan fingerprint density at radius 3 is 2.29 bits per heavy atom. The van der Waals surface area contributed by atoms with Gasteiger partial charge < -0.3 is 10.2 Å². The summed E-state index contributed by atoms with van der Waals surface area (Å²) in [5.41, 5.74) is 2.26. The summed E-state index contributed by atoms with van der Waals surface area (Å²) >= 11 is 3.40. The van der Waals surface area contributed by atoms with Gasteiger partial charge in [0.2, 0.25) is 11.8 Å². The second kappa shape index (κ2) is 13.6. The zero-order chi connectivity index (χ0) is 27.7. The normalized spacial score (nSPS) is 12.0. The summed E-state index contributed by atoms with van der Waals surface area (Å²) in [6, 6.07) is 21.7. The Balaban J connectivity index is 1.98. The first kappa shape index (κ1) is 29.4. The summed E-state index contributed by atoms with van der Waals surface area (Å²) in [6.07, 6.45) is 1.76. The van der Waals surface area contributed by atoms with Gasteiger partial charge in [-0.3, -0.25) is 13.9 Å². The van der Waals surface area contributed by atoms with Crippen molar-refractivity contribution in [3.05, 3.63) is 94.5 Å². The molecule has 0 heterocycles. The highest BCUT2D eigenvalue weighted by Crippen LogP contribution is 2.27. The summed E-state index contributed by atoms with van der Waals surface area (Å²) in [7, 11) is -4.08. The Hall–Kier alpha value is -3.17. The van der Waals surface area contributed by atoms with Crippen molar-refractivity contribution in [3.8, 4) is 0 Å². The van der Waals surface area contributed by atoms with Crippen LogP contribution < -0.4 is 9.62 Å².